The quantitative estimate of drug-likeness (QED) is 0.539. The summed E-state index contributed by atoms with van der Waals surface area (Å²) < 4.78 is 23.6. The standard InChI is InChI=1S/C4H7F2N.ClH/c1-2-3(7)4(2,5)6;/h2-3H,7H2,1H3;1H. The summed E-state index contributed by atoms with van der Waals surface area (Å²) in [6.45, 7) is 1.45. The van der Waals surface area contributed by atoms with Crippen LogP contribution < -0.4 is 5.73 Å². The average molecular weight is 144 g/mol. The summed E-state index contributed by atoms with van der Waals surface area (Å²) in [6.07, 6.45) is 0. The normalized spacial score (nSPS) is 40.5. The van der Waals surface area contributed by atoms with Crippen molar-refractivity contribution in [1.82, 2.24) is 0 Å². The largest absolute Gasteiger partial charge is 0.322 e. The van der Waals surface area contributed by atoms with E-state index in [0.29, 0.717) is 0 Å². The second-order valence-corrected chi connectivity index (χ2v) is 1.99. The summed E-state index contributed by atoms with van der Waals surface area (Å²) in [4.78, 5) is 0. The lowest BCUT2D eigenvalue weighted by Gasteiger charge is -1.83. The van der Waals surface area contributed by atoms with Crippen LogP contribution in [0.5, 0.6) is 0 Å². The lowest BCUT2D eigenvalue weighted by molar-refractivity contribution is 0.0969. The Morgan fingerprint density at radius 1 is 1.50 bits per heavy atom. The zero-order valence-electron chi connectivity index (χ0n) is 4.40. The van der Waals surface area contributed by atoms with Crippen molar-refractivity contribution >= 4 is 12.4 Å². The van der Waals surface area contributed by atoms with Gasteiger partial charge in [0, 0.05) is 5.92 Å². The molecule has 0 saturated heterocycles. The maximum Gasteiger partial charge on any atom is 0.267 e. The summed E-state index contributed by atoms with van der Waals surface area (Å²) in [7, 11) is 0. The molecule has 50 valence electrons. The fourth-order valence-corrected chi connectivity index (χ4v) is 0.510. The molecule has 1 nitrogen and oxygen atoms in total. The van der Waals surface area contributed by atoms with E-state index in [0.717, 1.165) is 0 Å². The molecule has 1 fully saturated rings. The smallest absolute Gasteiger partial charge is 0.267 e. The monoisotopic (exact) mass is 143 g/mol. The Kier molecular flexibility index (Phi) is 1.83. The van der Waals surface area contributed by atoms with Gasteiger partial charge in [-0.1, -0.05) is 6.92 Å². The highest BCUT2D eigenvalue weighted by Crippen LogP contribution is 2.46. The van der Waals surface area contributed by atoms with Gasteiger partial charge in [-0.05, 0) is 0 Å². The summed E-state index contributed by atoms with van der Waals surface area (Å²) in [6, 6.07) is -0.868. The Bertz CT molecular complexity index is 86.0. The molecule has 0 aromatic rings. The van der Waals surface area contributed by atoms with Gasteiger partial charge in [-0.15, -0.1) is 12.4 Å². The number of hydrogen-bond acceptors (Lipinski definition) is 1. The van der Waals surface area contributed by atoms with Gasteiger partial charge >= 0.3 is 0 Å². The zero-order valence-corrected chi connectivity index (χ0v) is 5.21. The Labute approximate surface area is 52.7 Å². The Morgan fingerprint density at radius 2 is 1.62 bits per heavy atom. The van der Waals surface area contributed by atoms with E-state index in [4.69, 9.17) is 5.73 Å². The van der Waals surface area contributed by atoms with Crippen molar-refractivity contribution in [3.05, 3.63) is 0 Å². The van der Waals surface area contributed by atoms with Crippen molar-refractivity contribution in [3.8, 4) is 0 Å². The van der Waals surface area contributed by atoms with Gasteiger partial charge in [0.15, 0.2) is 0 Å². The van der Waals surface area contributed by atoms with Crippen LogP contribution in [-0.4, -0.2) is 12.0 Å². The molecule has 0 amide bonds. The van der Waals surface area contributed by atoms with Gasteiger partial charge in [-0.3, -0.25) is 0 Å². The van der Waals surface area contributed by atoms with Crippen LogP contribution in [0.4, 0.5) is 8.78 Å². The predicted molar refractivity (Wildman–Crippen MR) is 29.3 cm³/mol. The minimum absolute atomic E-state index is 0. The second kappa shape index (κ2) is 1.81. The molecule has 4 heteroatoms. The molecule has 2 atom stereocenters. The van der Waals surface area contributed by atoms with Gasteiger partial charge in [0.2, 0.25) is 0 Å². The molecule has 0 heterocycles. The van der Waals surface area contributed by atoms with Crippen LogP contribution in [0.1, 0.15) is 6.92 Å². The molecule has 1 aliphatic carbocycles. The fourth-order valence-electron chi connectivity index (χ4n) is 0.510. The fraction of sp³-hybridized carbons (Fsp3) is 1.00. The van der Waals surface area contributed by atoms with Gasteiger partial charge in [-0.2, -0.15) is 0 Å². The van der Waals surface area contributed by atoms with Gasteiger partial charge in [0.25, 0.3) is 5.92 Å². The van der Waals surface area contributed by atoms with Crippen LogP contribution in [0.2, 0.25) is 0 Å². The first-order chi connectivity index (χ1) is 3.07. The molecule has 0 radical (unpaired) electrons. The van der Waals surface area contributed by atoms with Crippen molar-refractivity contribution in [2.75, 3.05) is 0 Å². The number of alkyl halides is 2. The molecular formula is C4H8ClF2N. The maximum absolute atomic E-state index is 11.8. The first-order valence-corrected chi connectivity index (χ1v) is 2.20. The van der Waals surface area contributed by atoms with Crippen molar-refractivity contribution in [3.63, 3.8) is 0 Å². The lowest BCUT2D eigenvalue weighted by atomic mass is 10.5. The van der Waals surface area contributed by atoms with Crippen LogP contribution in [0.25, 0.3) is 0 Å². The molecule has 2 N–H and O–H groups in total. The SMILES string of the molecule is CC1C(N)C1(F)F.Cl. The average Bonchev–Trinajstić information content (AvgIpc) is 1.91. The van der Waals surface area contributed by atoms with E-state index in [-0.39, 0.29) is 12.4 Å². The van der Waals surface area contributed by atoms with Crippen LogP contribution in [-0.2, 0) is 0 Å². The van der Waals surface area contributed by atoms with Crippen LogP contribution in [0.15, 0.2) is 0 Å². The van der Waals surface area contributed by atoms with E-state index < -0.39 is 17.9 Å². The zero-order chi connectivity index (χ0) is 5.65. The summed E-state index contributed by atoms with van der Waals surface area (Å²) in [5.41, 5.74) is 4.89. The Hall–Kier alpha value is 0.110. The molecular weight excluding hydrogens is 136 g/mol. The summed E-state index contributed by atoms with van der Waals surface area (Å²) in [5, 5.41) is 0. The van der Waals surface area contributed by atoms with E-state index in [2.05, 4.69) is 0 Å². The molecule has 2 unspecified atom stereocenters. The first-order valence-electron chi connectivity index (χ1n) is 2.20. The summed E-state index contributed by atoms with van der Waals surface area (Å²) in [5.74, 6) is -3.15. The minimum Gasteiger partial charge on any atom is -0.322 e. The van der Waals surface area contributed by atoms with Crippen molar-refractivity contribution in [2.24, 2.45) is 11.7 Å². The van der Waals surface area contributed by atoms with E-state index in [9.17, 15) is 8.78 Å². The maximum atomic E-state index is 11.8. The molecule has 0 bridgehead atoms. The van der Waals surface area contributed by atoms with E-state index in [1.54, 1.807) is 0 Å². The topological polar surface area (TPSA) is 26.0 Å². The van der Waals surface area contributed by atoms with Crippen LogP contribution in [0, 0.1) is 5.92 Å². The number of halogens is 3. The molecule has 8 heavy (non-hydrogen) atoms. The first kappa shape index (κ1) is 8.11. The van der Waals surface area contributed by atoms with Crippen molar-refractivity contribution in [1.29, 1.82) is 0 Å². The highest BCUT2D eigenvalue weighted by atomic mass is 35.5. The molecule has 1 saturated carbocycles. The number of hydrogen-bond donors (Lipinski definition) is 1. The second-order valence-electron chi connectivity index (χ2n) is 1.99. The predicted octanol–water partition coefficient (Wildman–Crippen LogP) is 1.02. The molecule has 1 rings (SSSR count). The molecule has 0 aliphatic heterocycles. The summed E-state index contributed by atoms with van der Waals surface area (Å²) >= 11 is 0. The molecule has 0 aromatic heterocycles. The van der Waals surface area contributed by atoms with E-state index in [1.807, 2.05) is 0 Å². The third-order valence-corrected chi connectivity index (χ3v) is 1.48. The van der Waals surface area contributed by atoms with Crippen LogP contribution >= 0.6 is 12.4 Å². The van der Waals surface area contributed by atoms with Crippen LogP contribution in [0.3, 0.4) is 0 Å². The molecule has 0 spiro atoms. The van der Waals surface area contributed by atoms with Gasteiger partial charge in [0.05, 0.1) is 6.04 Å². The van der Waals surface area contributed by atoms with E-state index >= 15 is 0 Å². The third kappa shape index (κ3) is 0.801. The Morgan fingerprint density at radius 3 is 1.62 bits per heavy atom. The molecule has 0 aromatic carbocycles. The van der Waals surface area contributed by atoms with Gasteiger partial charge < -0.3 is 5.73 Å². The highest BCUT2D eigenvalue weighted by Gasteiger charge is 2.63. The number of rotatable bonds is 0. The van der Waals surface area contributed by atoms with Crippen molar-refractivity contribution in [2.45, 2.75) is 18.9 Å². The highest BCUT2D eigenvalue weighted by molar-refractivity contribution is 5.85. The van der Waals surface area contributed by atoms with E-state index in [1.165, 1.54) is 6.92 Å². The third-order valence-electron chi connectivity index (χ3n) is 1.48. The number of nitrogens with two attached hydrogens (primary N) is 1. The Balaban J connectivity index is 0.000000490. The van der Waals surface area contributed by atoms with Gasteiger partial charge in [-0.25, -0.2) is 8.78 Å². The van der Waals surface area contributed by atoms with Gasteiger partial charge in [0.1, 0.15) is 0 Å². The van der Waals surface area contributed by atoms with Crippen molar-refractivity contribution < 1.29 is 8.78 Å². The minimum atomic E-state index is -2.56. The molecule has 1 aliphatic rings. The lowest BCUT2D eigenvalue weighted by Crippen LogP contribution is -2.08.